The van der Waals surface area contributed by atoms with Crippen LogP contribution in [0.3, 0.4) is 0 Å². The van der Waals surface area contributed by atoms with Crippen molar-refractivity contribution in [2.24, 2.45) is 29.4 Å². The molecule has 0 bridgehead atoms. The predicted molar refractivity (Wildman–Crippen MR) is 172 cm³/mol. The molecule has 44 heavy (non-hydrogen) atoms. The molecular weight excluding hydrogens is 561 g/mol. The van der Waals surface area contributed by atoms with Crippen LogP contribution in [-0.4, -0.2) is 49.4 Å². The number of aryl methyl sites for hydroxylation is 1. The third kappa shape index (κ3) is 10.6. The third-order valence-electron chi connectivity index (χ3n) is 8.74. The van der Waals surface area contributed by atoms with Crippen LogP contribution in [0.15, 0.2) is 36.4 Å². The van der Waals surface area contributed by atoms with Crippen molar-refractivity contribution in [2.75, 3.05) is 25.6 Å². The largest absolute Gasteiger partial charge is 0.491 e. The molecule has 2 aromatic carbocycles. The fourth-order valence-electron chi connectivity index (χ4n) is 5.85. The van der Waals surface area contributed by atoms with E-state index in [9.17, 15) is 19.1 Å². The Morgan fingerprint density at radius 3 is 2.39 bits per heavy atom. The van der Waals surface area contributed by atoms with E-state index in [-0.39, 0.29) is 54.8 Å². The van der Waals surface area contributed by atoms with Crippen LogP contribution >= 0.6 is 0 Å². The molecule has 0 saturated carbocycles. The molecule has 2 aromatic rings. The number of hydrogen-bond donors (Lipinski definition) is 4. The first-order valence-electron chi connectivity index (χ1n) is 16.0. The van der Waals surface area contributed by atoms with Gasteiger partial charge in [-0.1, -0.05) is 45.9 Å². The first-order valence-corrected chi connectivity index (χ1v) is 16.0. The smallest absolute Gasteiger partial charge is 0.224 e. The van der Waals surface area contributed by atoms with Gasteiger partial charge >= 0.3 is 0 Å². The van der Waals surface area contributed by atoms with Gasteiger partial charge in [0.05, 0.1) is 18.4 Å². The van der Waals surface area contributed by atoms with Crippen LogP contribution in [-0.2, 0) is 33.7 Å². The lowest BCUT2D eigenvalue weighted by Crippen LogP contribution is -2.42. The molecule has 1 aliphatic rings. The van der Waals surface area contributed by atoms with Gasteiger partial charge in [0.1, 0.15) is 11.6 Å². The Balaban J connectivity index is 1.59. The number of anilines is 1. The molecule has 1 aliphatic carbocycles. The average molecular weight is 614 g/mol. The van der Waals surface area contributed by atoms with Gasteiger partial charge in [-0.05, 0) is 84.7 Å². The van der Waals surface area contributed by atoms with E-state index in [2.05, 4.69) is 30.5 Å². The highest BCUT2D eigenvalue weighted by Crippen LogP contribution is 2.37. The summed E-state index contributed by atoms with van der Waals surface area (Å²) in [5, 5.41) is 17.2. The van der Waals surface area contributed by atoms with Crippen LogP contribution in [0.25, 0.3) is 0 Å². The standard InChI is InChI=1S/C35H52FN3O5/c1-22(2)26(19-33(41)39-34-28-9-6-8-25(28)12-15-32(34)44-17-7-16-43-5)18-30(37)31(40)20-29(23(3)4)35(42)38-21-24-10-13-27(36)14-11-24/h10-15,22-23,26,29-31,40H,6-9,16-21,37H2,1-5H3,(H,38,42)(H,39,41)/t26-,29+,30+,31+/m1/s1. The molecule has 9 heteroatoms. The third-order valence-corrected chi connectivity index (χ3v) is 8.74. The Bertz CT molecular complexity index is 1200. The molecule has 0 aliphatic heterocycles. The summed E-state index contributed by atoms with van der Waals surface area (Å²) in [6.07, 6.45) is 3.71. The highest BCUT2D eigenvalue weighted by Gasteiger charge is 2.30. The van der Waals surface area contributed by atoms with Gasteiger partial charge in [-0.25, -0.2) is 4.39 Å². The molecule has 0 fully saturated rings. The zero-order chi connectivity index (χ0) is 32.2. The van der Waals surface area contributed by atoms with Gasteiger partial charge in [0.25, 0.3) is 0 Å². The Hall–Kier alpha value is -3.01. The minimum atomic E-state index is -0.909. The number of ether oxygens (including phenoxy) is 2. The summed E-state index contributed by atoms with van der Waals surface area (Å²) in [6.45, 7) is 9.38. The monoisotopic (exact) mass is 613 g/mol. The number of carbonyl (C=O) groups is 2. The first-order chi connectivity index (χ1) is 21.0. The number of fused-ring (bicyclic) bond motifs is 1. The van der Waals surface area contributed by atoms with E-state index in [0.29, 0.717) is 25.4 Å². The second kappa shape index (κ2) is 17.5. The number of halogens is 1. The second-order valence-electron chi connectivity index (χ2n) is 12.8. The summed E-state index contributed by atoms with van der Waals surface area (Å²) in [4.78, 5) is 26.4. The predicted octanol–water partition coefficient (Wildman–Crippen LogP) is 5.39. The van der Waals surface area contributed by atoms with Crippen LogP contribution in [0.1, 0.15) is 76.5 Å². The van der Waals surface area contributed by atoms with Crippen LogP contribution in [0.5, 0.6) is 5.75 Å². The normalized spacial score (nSPS) is 15.5. The van der Waals surface area contributed by atoms with Crippen molar-refractivity contribution in [1.29, 1.82) is 0 Å². The molecule has 0 heterocycles. The summed E-state index contributed by atoms with van der Waals surface area (Å²) in [5.74, 6) is -0.294. The molecule has 0 unspecified atom stereocenters. The van der Waals surface area contributed by atoms with Crippen molar-refractivity contribution in [3.63, 3.8) is 0 Å². The SMILES string of the molecule is COCCCOc1ccc2c(c1NC(=O)C[C@@H](C[C@H](N)[C@@H](O)C[C@H](C(=O)NCc1ccc(F)cc1)C(C)C)C(C)C)CCC2. The molecular formula is C35H52FN3O5. The van der Waals surface area contributed by atoms with Crippen molar-refractivity contribution in [2.45, 2.75) is 91.3 Å². The fourth-order valence-corrected chi connectivity index (χ4v) is 5.85. The van der Waals surface area contributed by atoms with Crippen molar-refractivity contribution < 1.29 is 28.6 Å². The van der Waals surface area contributed by atoms with E-state index < -0.39 is 18.1 Å². The zero-order valence-electron chi connectivity index (χ0n) is 27.0. The number of methoxy groups -OCH3 is 1. The van der Waals surface area contributed by atoms with Crippen LogP contribution in [0.2, 0.25) is 0 Å². The molecule has 0 aromatic heterocycles. The number of amides is 2. The minimum absolute atomic E-state index is 0.0183. The van der Waals surface area contributed by atoms with E-state index in [4.69, 9.17) is 15.2 Å². The zero-order valence-corrected chi connectivity index (χ0v) is 27.0. The maximum atomic E-state index is 13.4. The first kappa shape index (κ1) is 35.5. The van der Waals surface area contributed by atoms with E-state index in [1.807, 2.05) is 19.9 Å². The lowest BCUT2D eigenvalue weighted by Gasteiger charge is -2.29. The molecule has 8 nitrogen and oxygen atoms in total. The number of carbonyl (C=O) groups excluding carboxylic acids is 2. The van der Waals surface area contributed by atoms with E-state index in [1.165, 1.54) is 17.7 Å². The van der Waals surface area contributed by atoms with Gasteiger partial charge in [0.2, 0.25) is 11.8 Å². The summed E-state index contributed by atoms with van der Waals surface area (Å²) in [7, 11) is 1.66. The van der Waals surface area contributed by atoms with Crippen LogP contribution < -0.4 is 21.1 Å². The highest BCUT2D eigenvalue weighted by atomic mass is 19.1. The number of aliphatic hydroxyl groups excluding tert-OH is 1. The maximum Gasteiger partial charge on any atom is 0.224 e. The minimum Gasteiger partial charge on any atom is -0.491 e. The van der Waals surface area contributed by atoms with Gasteiger partial charge in [0, 0.05) is 45.1 Å². The van der Waals surface area contributed by atoms with Gasteiger partial charge in [-0.2, -0.15) is 0 Å². The molecule has 2 amide bonds. The maximum absolute atomic E-state index is 13.4. The van der Waals surface area contributed by atoms with Crippen molar-refractivity contribution in [1.82, 2.24) is 5.32 Å². The molecule has 0 saturated heterocycles. The number of benzene rings is 2. The van der Waals surface area contributed by atoms with Gasteiger partial charge < -0.3 is 30.9 Å². The summed E-state index contributed by atoms with van der Waals surface area (Å²) in [6, 6.07) is 9.43. The van der Waals surface area contributed by atoms with Gasteiger partial charge in [0.15, 0.2) is 0 Å². The lowest BCUT2D eigenvalue weighted by molar-refractivity contribution is -0.127. The van der Waals surface area contributed by atoms with Crippen LogP contribution in [0.4, 0.5) is 10.1 Å². The number of rotatable bonds is 18. The molecule has 244 valence electrons. The van der Waals surface area contributed by atoms with Crippen molar-refractivity contribution in [3.05, 3.63) is 58.9 Å². The van der Waals surface area contributed by atoms with Crippen molar-refractivity contribution >= 4 is 17.5 Å². The number of aliphatic hydroxyl groups is 1. The Morgan fingerprint density at radius 2 is 1.73 bits per heavy atom. The molecule has 5 N–H and O–H groups in total. The van der Waals surface area contributed by atoms with Gasteiger partial charge in [-0.3, -0.25) is 9.59 Å². The number of nitrogens with two attached hydrogens (primary N) is 1. The van der Waals surface area contributed by atoms with E-state index in [1.54, 1.807) is 19.2 Å². The van der Waals surface area contributed by atoms with E-state index >= 15 is 0 Å². The lowest BCUT2D eigenvalue weighted by atomic mass is 9.82. The molecule has 4 atom stereocenters. The summed E-state index contributed by atoms with van der Waals surface area (Å²) < 4.78 is 24.4. The Morgan fingerprint density at radius 1 is 1.00 bits per heavy atom. The fraction of sp³-hybridized carbons (Fsp3) is 0.600. The average Bonchev–Trinajstić information content (AvgIpc) is 3.47. The van der Waals surface area contributed by atoms with Gasteiger partial charge in [-0.15, -0.1) is 0 Å². The second-order valence-corrected chi connectivity index (χ2v) is 12.8. The quantitative estimate of drug-likeness (QED) is 0.167. The topological polar surface area (TPSA) is 123 Å². The van der Waals surface area contributed by atoms with Crippen LogP contribution in [0, 0.1) is 29.5 Å². The summed E-state index contributed by atoms with van der Waals surface area (Å²) in [5.41, 5.74) is 10.5. The Kier molecular flexibility index (Phi) is 14.1. The van der Waals surface area contributed by atoms with E-state index in [0.717, 1.165) is 42.5 Å². The molecule has 3 rings (SSSR count). The molecule has 0 radical (unpaired) electrons. The number of hydrogen-bond acceptors (Lipinski definition) is 6. The highest BCUT2D eigenvalue weighted by molar-refractivity contribution is 5.94. The van der Waals surface area contributed by atoms with Crippen molar-refractivity contribution in [3.8, 4) is 5.75 Å². The molecule has 0 spiro atoms. The number of nitrogens with one attached hydrogen (secondary N) is 2. The summed E-state index contributed by atoms with van der Waals surface area (Å²) >= 11 is 0. The Labute approximate surface area is 262 Å².